The van der Waals surface area contributed by atoms with E-state index < -0.39 is 0 Å². The SMILES string of the molecule is CCCCCCC(NCCc1ccc(OC)c(OC)c1)c1nc(Cc2ccccc2)c(N2CCOCC2)o1. The molecule has 1 saturated heterocycles. The van der Waals surface area contributed by atoms with Crippen molar-refractivity contribution in [2.75, 3.05) is 52.0 Å². The molecule has 4 rings (SSSR count). The fourth-order valence-corrected chi connectivity index (χ4v) is 4.94. The van der Waals surface area contributed by atoms with Gasteiger partial charge in [0, 0.05) is 19.5 Å². The van der Waals surface area contributed by atoms with Crippen LogP contribution in [0.5, 0.6) is 11.5 Å². The number of nitrogens with one attached hydrogen (secondary N) is 1. The summed E-state index contributed by atoms with van der Waals surface area (Å²) in [5.74, 6) is 3.20. The van der Waals surface area contributed by atoms with Gasteiger partial charge in [-0.2, -0.15) is 0 Å². The number of morpholine rings is 1. The van der Waals surface area contributed by atoms with Crippen LogP contribution in [0.3, 0.4) is 0 Å². The predicted molar refractivity (Wildman–Crippen MR) is 152 cm³/mol. The molecule has 0 aliphatic carbocycles. The Kier molecular flexibility index (Phi) is 10.9. The molecule has 1 fully saturated rings. The average molecular weight is 522 g/mol. The lowest BCUT2D eigenvalue weighted by molar-refractivity contribution is 0.120. The van der Waals surface area contributed by atoms with Gasteiger partial charge in [0.25, 0.3) is 0 Å². The minimum absolute atomic E-state index is 0.0660. The van der Waals surface area contributed by atoms with E-state index in [0.29, 0.717) is 13.2 Å². The van der Waals surface area contributed by atoms with E-state index in [1.165, 1.54) is 30.4 Å². The van der Waals surface area contributed by atoms with Crippen molar-refractivity contribution in [3.63, 3.8) is 0 Å². The summed E-state index contributed by atoms with van der Waals surface area (Å²) < 4.78 is 23.1. The molecule has 3 aromatic rings. The van der Waals surface area contributed by atoms with Crippen LogP contribution in [0.1, 0.15) is 67.8 Å². The number of benzene rings is 2. The van der Waals surface area contributed by atoms with Crippen LogP contribution in [0.25, 0.3) is 0 Å². The highest BCUT2D eigenvalue weighted by Gasteiger charge is 2.25. The van der Waals surface area contributed by atoms with E-state index in [1.807, 2.05) is 6.07 Å². The van der Waals surface area contributed by atoms with E-state index in [4.69, 9.17) is 23.6 Å². The first-order chi connectivity index (χ1) is 18.7. The quantitative estimate of drug-likeness (QED) is 0.247. The number of ether oxygens (including phenoxy) is 3. The Bertz CT molecular complexity index is 1100. The first-order valence-electron chi connectivity index (χ1n) is 14.0. The fraction of sp³-hybridized carbons (Fsp3) is 0.516. The molecule has 0 amide bonds. The van der Waals surface area contributed by atoms with Gasteiger partial charge >= 0.3 is 0 Å². The highest BCUT2D eigenvalue weighted by molar-refractivity contribution is 5.45. The second-order valence-corrected chi connectivity index (χ2v) is 9.86. The highest BCUT2D eigenvalue weighted by Crippen LogP contribution is 2.31. The minimum atomic E-state index is 0.0660. The predicted octanol–water partition coefficient (Wildman–Crippen LogP) is 5.96. The fourth-order valence-electron chi connectivity index (χ4n) is 4.94. The maximum Gasteiger partial charge on any atom is 0.220 e. The number of methoxy groups -OCH3 is 2. The first kappa shape index (κ1) is 28.0. The molecule has 38 heavy (non-hydrogen) atoms. The van der Waals surface area contributed by atoms with Crippen molar-refractivity contribution in [2.24, 2.45) is 0 Å². The van der Waals surface area contributed by atoms with Crippen LogP contribution in [-0.4, -0.2) is 52.1 Å². The Balaban J connectivity index is 1.51. The lowest BCUT2D eigenvalue weighted by Crippen LogP contribution is -2.36. The van der Waals surface area contributed by atoms with E-state index >= 15 is 0 Å². The van der Waals surface area contributed by atoms with Crippen molar-refractivity contribution >= 4 is 5.88 Å². The standard InChI is InChI=1S/C31H43N3O4/c1-4-5-6-10-13-26(32-17-16-25-14-15-28(35-2)29(23-25)36-3)30-33-27(22-24-11-8-7-9-12-24)31(38-30)34-18-20-37-21-19-34/h7-9,11-12,14-15,23,26,32H,4-6,10,13,16-22H2,1-3H3. The van der Waals surface area contributed by atoms with E-state index in [-0.39, 0.29) is 6.04 Å². The number of oxazole rings is 1. The van der Waals surface area contributed by atoms with Gasteiger partial charge in [-0.05, 0) is 42.6 Å². The summed E-state index contributed by atoms with van der Waals surface area (Å²) in [5, 5.41) is 3.76. The molecule has 206 valence electrons. The molecule has 7 heteroatoms. The van der Waals surface area contributed by atoms with Crippen molar-refractivity contribution in [3.8, 4) is 11.5 Å². The molecule has 1 aromatic heterocycles. The summed E-state index contributed by atoms with van der Waals surface area (Å²) in [6.07, 6.45) is 7.47. The average Bonchev–Trinajstić information content (AvgIpc) is 3.38. The Morgan fingerprint density at radius 3 is 2.47 bits per heavy atom. The van der Waals surface area contributed by atoms with Gasteiger partial charge in [0.1, 0.15) is 5.69 Å². The summed E-state index contributed by atoms with van der Waals surface area (Å²) in [7, 11) is 3.34. The monoisotopic (exact) mass is 521 g/mol. The normalized spacial score (nSPS) is 14.4. The molecule has 2 aromatic carbocycles. The van der Waals surface area contributed by atoms with Gasteiger partial charge in [0.05, 0.1) is 33.5 Å². The van der Waals surface area contributed by atoms with Crippen molar-refractivity contribution in [2.45, 2.75) is 57.9 Å². The summed E-state index contributed by atoms with van der Waals surface area (Å²) in [6.45, 7) is 6.14. The third-order valence-corrected chi connectivity index (χ3v) is 7.10. The molecule has 1 aliphatic heterocycles. The number of aromatic nitrogens is 1. The third kappa shape index (κ3) is 7.74. The second-order valence-electron chi connectivity index (χ2n) is 9.86. The molecule has 0 saturated carbocycles. The third-order valence-electron chi connectivity index (χ3n) is 7.10. The van der Waals surface area contributed by atoms with Crippen LogP contribution in [0.15, 0.2) is 52.9 Å². The number of rotatable bonds is 15. The van der Waals surface area contributed by atoms with Gasteiger partial charge in [-0.1, -0.05) is 69.0 Å². The number of nitrogens with zero attached hydrogens (tertiary/aromatic N) is 2. The summed E-state index contributed by atoms with van der Waals surface area (Å²) in [6, 6.07) is 16.7. The van der Waals surface area contributed by atoms with E-state index in [1.54, 1.807) is 14.2 Å². The molecule has 1 unspecified atom stereocenters. The molecule has 0 radical (unpaired) electrons. The smallest absolute Gasteiger partial charge is 0.220 e. The maximum atomic E-state index is 6.58. The zero-order chi connectivity index (χ0) is 26.6. The Labute approximate surface area is 227 Å². The van der Waals surface area contributed by atoms with Crippen molar-refractivity contribution in [1.29, 1.82) is 0 Å². The van der Waals surface area contributed by atoms with Crippen molar-refractivity contribution in [1.82, 2.24) is 10.3 Å². The van der Waals surface area contributed by atoms with E-state index in [2.05, 4.69) is 59.6 Å². The molecular weight excluding hydrogens is 478 g/mol. The molecule has 1 aliphatic rings. The van der Waals surface area contributed by atoms with Crippen LogP contribution in [0.4, 0.5) is 5.88 Å². The van der Waals surface area contributed by atoms with Gasteiger partial charge in [0.2, 0.25) is 11.8 Å². The van der Waals surface area contributed by atoms with Gasteiger partial charge in [-0.3, -0.25) is 0 Å². The van der Waals surface area contributed by atoms with Gasteiger partial charge in [0.15, 0.2) is 11.5 Å². The van der Waals surface area contributed by atoms with Crippen LogP contribution < -0.4 is 19.7 Å². The van der Waals surface area contributed by atoms with E-state index in [9.17, 15) is 0 Å². The number of anilines is 1. The molecule has 0 bridgehead atoms. The van der Waals surface area contributed by atoms with Crippen molar-refractivity contribution in [3.05, 3.63) is 71.2 Å². The largest absolute Gasteiger partial charge is 0.493 e. The molecule has 7 nitrogen and oxygen atoms in total. The summed E-state index contributed by atoms with van der Waals surface area (Å²) in [4.78, 5) is 7.40. The first-order valence-corrected chi connectivity index (χ1v) is 14.0. The van der Waals surface area contributed by atoms with Crippen LogP contribution in [-0.2, 0) is 17.6 Å². The maximum absolute atomic E-state index is 6.58. The highest BCUT2D eigenvalue weighted by atomic mass is 16.5. The Morgan fingerprint density at radius 1 is 0.947 bits per heavy atom. The Morgan fingerprint density at radius 2 is 1.74 bits per heavy atom. The van der Waals surface area contributed by atoms with Crippen molar-refractivity contribution < 1.29 is 18.6 Å². The van der Waals surface area contributed by atoms with Gasteiger partial charge in [-0.25, -0.2) is 4.98 Å². The molecule has 2 heterocycles. The van der Waals surface area contributed by atoms with Gasteiger partial charge < -0.3 is 28.8 Å². The lowest BCUT2D eigenvalue weighted by Gasteiger charge is -2.27. The number of hydrogen-bond acceptors (Lipinski definition) is 7. The second kappa shape index (κ2) is 14.8. The molecule has 0 spiro atoms. The number of hydrogen-bond donors (Lipinski definition) is 1. The number of unbranched alkanes of at least 4 members (excludes halogenated alkanes) is 3. The summed E-state index contributed by atoms with van der Waals surface area (Å²) in [5.41, 5.74) is 3.45. The topological polar surface area (TPSA) is 69.0 Å². The molecule has 1 N–H and O–H groups in total. The summed E-state index contributed by atoms with van der Waals surface area (Å²) >= 11 is 0. The zero-order valence-electron chi connectivity index (χ0n) is 23.2. The van der Waals surface area contributed by atoms with Crippen LogP contribution >= 0.6 is 0 Å². The van der Waals surface area contributed by atoms with Crippen LogP contribution in [0, 0.1) is 0 Å². The van der Waals surface area contributed by atoms with Crippen LogP contribution in [0.2, 0.25) is 0 Å². The van der Waals surface area contributed by atoms with Gasteiger partial charge in [-0.15, -0.1) is 0 Å². The molecular formula is C31H43N3O4. The zero-order valence-corrected chi connectivity index (χ0v) is 23.2. The molecule has 1 atom stereocenters. The Hall–Kier alpha value is -3.03. The minimum Gasteiger partial charge on any atom is -0.493 e. The lowest BCUT2D eigenvalue weighted by atomic mass is 10.1. The van der Waals surface area contributed by atoms with E-state index in [0.717, 1.165) is 74.3 Å².